The van der Waals surface area contributed by atoms with Crippen molar-refractivity contribution in [1.82, 2.24) is 9.88 Å². The van der Waals surface area contributed by atoms with Crippen molar-refractivity contribution < 1.29 is 13.9 Å². The predicted molar refractivity (Wildman–Crippen MR) is 101 cm³/mol. The SMILES string of the molecule is CC1CN(C(=O)OC(C)(C)C)CCN1c1nc2cc(Cl)cc(Br)c2o1. The summed E-state index contributed by atoms with van der Waals surface area (Å²) in [4.78, 5) is 20.6. The third-order valence-electron chi connectivity index (χ3n) is 3.92. The highest BCUT2D eigenvalue weighted by Crippen LogP contribution is 2.32. The average molecular weight is 431 g/mol. The number of piperazine rings is 1. The van der Waals surface area contributed by atoms with Gasteiger partial charge in [-0.1, -0.05) is 11.6 Å². The first-order chi connectivity index (χ1) is 11.6. The lowest BCUT2D eigenvalue weighted by Gasteiger charge is -2.39. The summed E-state index contributed by atoms with van der Waals surface area (Å²) in [5.74, 6) is 0. The number of fused-ring (bicyclic) bond motifs is 1. The third kappa shape index (κ3) is 4.03. The molecule has 0 spiro atoms. The Morgan fingerprint density at radius 1 is 1.40 bits per heavy atom. The van der Waals surface area contributed by atoms with Gasteiger partial charge in [0, 0.05) is 30.7 Å². The van der Waals surface area contributed by atoms with Crippen molar-refractivity contribution in [3.63, 3.8) is 0 Å². The number of anilines is 1. The molecule has 6 nitrogen and oxygen atoms in total. The first-order valence-electron chi connectivity index (χ1n) is 8.14. The van der Waals surface area contributed by atoms with E-state index in [2.05, 4.69) is 25.8 Å². The Kier molecular flexibility index (Phi) is 4.90. The van der Waals surface area contributed by atoms with Crippen molar-refractivity contribution in [3.8, 4) is 0 Å². The Bertz CT molecular complexity index is 802. The van der Waals surface area contributed by atoms with E-state index < -0.39 is 5.60 Å². The van der Waals surface area contributed by atoms with Crippen LogP contribution < -0.4 is 4.90 Å². The molecule has 2 aromatic rings. The van der Waals surface area contributed by atoms with Crippen LogP contribution in [0.5, 0.6) is 0 Å². The first kappa shape index (κ1) is 18.3. The number of hydrogen-bond acceptors (Lipinski definition) is 5. The van der Waals surface area contributed by atoms with E-state index in [1.54, 1.807) is 17.0 Å². The van der Waals surface area contributed by atoms with Gasteiger partial charge in [-0.05, 0) is 55.8 Å². The molecule has 8 heteroatoms. The van der Waals surface area contributed by atoms with E-state index in [9.17, 15) is 4.79 Å². The highest BCUT2D eigenvalue weighted by molar-refractivity contribution is 9.10. The fourth-order valence-electron chi connectivity index (χ4n) is 2.80. The summed E-state index contributed by atoms with van der Waals surface area (Å²) < 4.78 is 12.1. The van der Waals surface area contributed by atoms with E-state index in [4.69, 9.17) is 20.8 Å². The van der Waals surface area contributed by atoms with Gasteiger partial charge in [-0.3, -0.25) is 0 Å². The molecule has 1 unspecified atom stereocenters. The summed E-state index contributed by atoms with van der Waals surface area (Å²) in [6.45, 7) is 9.37. The number of ether oxygens (including phenoxy) is 1. The minimum Gasteiger partial charge on any atom is -0.444 e. The van der Waals surface area contributed by atoms with Gasteiger partial charge in [-0.25, -0.2) is 4.79 Å². The van der Waals surface area contributed by atoms with Crippen molar-refractivity contribution in [2.75, 3.05) is 24.5 Å². The number of nitrogens with zero attached hydrogens (tertiary/aromatic N) is 3. The normalized spacial score (nSPS) is 18.7. The quantitative estimate of drug-likeness (QED) is 0.657. The molecule has 0 N–H and O–H groups in total. The maximum absolute atomic E-state index is 12.3. The number of aromatic nitrogens is 1. The zero-order valence-electron chi connectivity index (χ0n) is 14.7. The molecule has 25 heavy (non-hydrogen) atoms. The summed E-state index contributed by atoms with van der Waals surface area (Å²) in [6, 6.07) is 4.15. The number of carbonyl (C=O) groups excluding carboxylic acids is 1. The van der Waals surface area contributed by atoms with E-state index in [1.165, 1.54) is 0 Å². The molecule has 1 aliphatic heterocycles. The van der Waals surface area contributed by atoms with Gasteiger partial charge in [0.2, 0.25) is 0 Å². The Morgan fingerprint density at radius 3 is 2.76 bits per heavy atom. The van der Waals surface area contributed by atoms with Crippen molar-refractivity contribution in [2.45, 2.75) is 39.3 Å². The van der Waals surface area contributed by atoms with Crippen molar-refractivity contribution in [1.29, 1.82) is 0 Å². The Hall–Kier alpha value is -1.47. The summed E-state index contributed by atoms with van der Waals surface area (Å²) in [5, 5.41) is 0.599. The molecule has 0 aliphatic carbocycles. The molecule has 3 rings (SSSR count). The van der Waals surface area contributed by atoms with Gasteiger partial charge >= 0.3 is 6.09 Å². The molecular formula is C17H21BrClN3O3. The predicted octanol–water partition coefficient (Wildman–Crippen LogP) is 4.69. The van der Waals surface area contributed by atoms with Crippen LogP contribution in [-0.4, -0.2) is 47.3 Å². The fraction of sp³-hybridized carbons (Fsp3) is 0.529. The average Bonchev–Trinajstić information content (AvgIpc) is 2.89. The zero-order chi connectivity index (χ0) is 18.4. The summed E-state index contributed by atoms with van der Waals surface area (Å²) in [7, 11) is 0. The van der Waals surface area contributed by atoms with Crippen LogP contribution in [0.2, 0.25) is 5.02 Å². The number of benzene rings is 1. The number of hydrogen-bond donors (Lipinski definition) is 0. The van der Waals surface area contributed by atoms with Crippen LogP contribution in [0, 0.1) is 0 Å². The molecular weight excluding hydrogens is 410 g/mol. The molecule has 1 fully saturated rings. The second kappa shape index (κ2) is 6.68. The van der Waals surface area contributed by atoms with E-state index in [-0.39, 0.29) is 12.1 Å². The van der Waals surface area contributed by atoms with Crippen molar-refractivity contribution >= 4 is 50.7 Å². The number of halogens is 2. The lowest BCUT2D eigenvalue weighted by atomic mass is 10.2. The summed E-state index contributed by atoms with van der Waals surface area (Å²) >= 11 is 9.52. The molecule has 1 aliphatic rings. The number of rotatable bonds is 1. The minimum atomic E-state index is -0.497. The fourth-order valence-corrected chi connectivity index (χ4v) is 3.68. The molecule has 1 aromatic heterocycles. The van der Waals surface area contributed by atoms with Gasteiger partial charge in [-0.15, -0.1) is 0 Å². The molecule has 2 heterocycles. The zero-order valence-corrected chi connectivity index (χ0v) is 17.0. The van der Waals surface area contributed by atoms with Crippen molar-refractivity contribution in [2.24, 2.45) is 0 Å². The van der Waals surface area contributed by atoms with Gasteiger partial charge < -0.3 is 19.0 Å². The highest BCUT2D eigenvalue weighted by Gasteiger charge is 2.32. The minimum absolute atomic E-state index is 0.0589. The van der Waals surface area contributed by atoms with Crippen LogP contribution in [0.1, 0.15) is 27.7 Å². The second-order valence-electron chi connectivity index (χ2n) is 7.20. The third-order valence-corrected chi connectivity index (χ3v) is 4.73. The standard InChI is InChI=1S/C17H21BrClN3O3/c1-10-9-21(16(23)25-17(2,3)4)5-6-22(10)15-20-13-8-11(19)7-12(18)14(13)24-15/h7-8,10H,5-6,9H2,1-4H3. The summed E-state index contributed by atoms with van der Waals surface area (Å²) in [6.07, 6.45) is -0.286. The van der Waals surface area contributed by atoms with Gasteiger partial charge in [0.05, 0.1) is 4.47 Å². The molecule has 1 atom stereocenters. The molecule has 1 aromatic carbocycles. The van der Waals surface area contributed by atoms with Crippen LogP contribution in [0.3, 0.4) is 0 Å². The number of oxazole rings is 1. The van der Waals surface area contributed by atoms with Gasteiger partial charge in [0.1, 0.15) is 11.1 Å². The van der Waals surface area contributed by atoms with Gasteiger partial charge in [0.15, 0.2) is 5.58 Å². The highest BCUT2D eigenvalue weighted by atomic mass is 79.9. The van der Waals surface area contributed by atoms with Crippen LogP contribution in [0.4, 0.5) is 10.8 Å². The number of carbonyl (C=O) groups is 1. The monoisotopic (exact) mass is 429 g/mol. The molecule has 0 bridgehead atoms. The van der Waals surface area contributed by atoms with E-state index in [0.717, 1.165) is 4.47 Å². The molecule has 0 saturated carbocycles. The molecule has 1 saturated heterocycles. The molecule has 0 radical (unpaired) electrons. The lowest BCUT2D eigenvalue weighted by Crippen LogP contribution is -2.54. The van der Waals surface area contributed by atoms with E-state index in [1.807, 2.05) is 27.7 Å². The van der Waals surface area contributed by atoms with E-state index >= 15 is 0 Å². The number of amides is 1. The molecule has 1 amide bonds. The Balaban J connectivity index is 1.76. The maximum Gasteiger partial charge on any atom is 0.410 e. The first-order valence-corrected chi connectivity index (χ1v) is 9.31. The van der Waals surface area contributed by atoms with Crippen LogP contribution in [0.15, 0.2) is 21.0 Å². The smallest absolute Gasteiger partial charge is 0.410 e. The lowest BCUT2D eigenvalue weighted by molar-refractivity contribution is 0.0216. The van der Waals surface area contributed by atoms with Crippen LogP contribution in [0.25, 0.3) is 11.1 Å². The van der Waals surface area contributed by atoms with Crippen LogP contribution in [-0.2, 0) is 4.74 Å². The second-order valence-corrected chi connectivity index (χ2v) is 8.49. The largest absolute Gasteiger partial charge is 0.444 e. The Morgan fingerprint density at radius 2 is 2.12 bits per heavy atom. The van der Waals surface area contributed by atoms with Gasteiger partial charge in [-0.2, -0.15) is 4.98 Å². The Labute approximate surface area is 160 Å². The van der Waals surface area contributed by atoms with Crippen LogP contribution >= 0.6 is 27.5 Å². The van der Waals surface area contributed by atoms with E-state index in [0.29, 0.717) is 41.8 Å². The maximum atomic E-state index is 12.3. The summed E-state index contributed by atoms with van der Waals surface area (Å²) in [5.41, 5.74) is 0.876. The molecule has 136 valence electrons. The topological polar surface area (TPSA) is 58.8 Å². The van der Waals surface area contributed by atoms with Gasteiger partial charge in [0.25, 0.3) is 6.01 Å². The van der Waals surface area contributed by atoms with Crippen molar-refractivity contribution in [3.05, 3.63) is 21.6 Å².